The van der Waals surface area contributed by atoms with Crippen molar-refractivity contribution in [3.63, 3.8) is 0 Å². The Kier molecular flexibility index (Phi) is 11.1. The van der Waals surface area contributed by atoms with Crippen molar-refractivity contribution in [2.75, 3.05) is 66.7 Å². The summed E-state index contributed by atoms with van der Waals surface area (Å²) in [7, 11) is -1.07. The number of non-ortho nitro benzene ring substituents is 1. The smallest absolute Gasteiger partial charge is 0.269 e. The molecule has 3 aromatic rings. The number of methoxy groups -OCH3 is 2. The van der Waals surface area contributed by atoms with Gasteiger partial charge in [0.05, 0.1) is 56.6 Å². The van der Waals surface area contributed by atoms with E-state index in [1.54, 1.807) is 37.3 Å². The van der Waals surface area contributed by atoms with Gasteiger partial charge in [0.1, 0.15) is 5.76 Å². The highest BCUT2D eigenvalue weighted by atomic mass is 32.2. The Hall–Kier alpha value is -3.98. The largest absolute Gasteiger partial charge is 0.493 e. The Bertz CT molecular complexity index is 1460. The summed E-state index contributed by atoms with van der Waals surface area (Å²) in [5.41, 5.74) is 0.673. The summed E-state index contributed by atoms with van der Waals surface area (Å²) < 4.78 is 50.3. The first-order valence-corrected chi connectivity index (χ1v) is 15.2. The zero-order valence-corrected chi connectivity index (χ0v) is 25.0. The lowest BCUT2D eigenvalue weighted by Gasteiger charge is -2.31. The molecule has 1 fully saturated rings. The minimum absolute atomic E-state index is 0.0509. The molecule has 0 N–H and O–H groups in total. The highest BCUT2D eigenvalue weighted by molar-refractivity contribution is 7.89. The van der Waals surface area contributed by atoms with Crippen LogP contribution >= 0.6 is 0 Å². The molecule has 0 aliphatic carbocycles. The van der Waals surface area contributed by atoms with Crippen molar-refractivity contribution in [3.8, 4) is 11.5 Å². The molecule has 14 heteroatoms. The van der Waals surface area contributed by atoms with Crippen molar-refractivity contribution >= 4 is 21.6 Å². The number of nitro benzene ring substituents is 1. The molecule has 1 aromatic heterocycles. The van der Waals surface area contributed by atoms with Crippen molar-refractivity contribution < 1.29 is 36.8 Å². The van der Waals surface area contributed by atoms with Crippen LogP contribution in [-0.4, -0.2) is 100 Å². The molecule has 0 spiro atoms. The van der Waals surface area contributed by atoms with Crippen LogP contribution in [0.2, 0.25) is 0 Å². The summed E-state index contributed by atoms with van der Waals surface area (Å²) in [4.78, 5) is 27.8. The van der Waals surface area contributed by atoms with Crippen molar-refractivity contribution in [2.45, 2.75) is 17.9 Å². The lowest BCUT2D eigenvalue weighted by Crippen LogP contribution is -2.47. The van der Waals surface area contributed by atoms with Crippen molar-refractivity contribution in [1.29, 1.82) is 0 Å². The number of sulfonamides is 1. The van der Waals surface area contributed by atoms with Gasteiger partial charge in [-0.05, 0) is 48.4 Å². The third kappa shape index (κ3) is 8.54. The normalized spacial score (nSPS) is 14.0. The van der Waals surface area contributed by atoms with Gasteiger partial charge in [0, 0.05) is 44.9 Å². The standard InChI is InChI=1S/C29H36N4O9S/c1-39-27-10-5-23(20-28(27)40-2)11-12-31(21-25-4-3-17-42-25)29(34)22-32(14-13-30-15-18-41-19-16-30)43(37,38)26-8-6-24(7-9-26)33(35)36/h3-10,17,20H,11-16,18-19,21-22H2,1-2H3. The van der Waals surface area contributed by atoms with Gasteiger partial charge in [-0.2, -0.15) is 4.31 Å². The number of carbonyl (C=O) groups is 1. The summed E-state index contributed by atoms with van der Waals surface area (Å²) in [5.74, 6) is 1.29. The molecule has 0 bridgehead atoms. The fourth-order valence-electron chi connectivity index (χ4n) is 4.68. The number of nitro groups is 1. The van der Waals surface area contributed by atoms with Crippen LogP contribution in [-0.2, 0) is 32.5 Å². The molecule has 4 rings (SSSR count). The zero-order valence-electron chi connectivity index (χ0n) is 24.2. The maximum Gasteiger partial charge on any atom is 0.269 e. The van der Waals surface area contributed by atoms with Gasteiger partial charge >= 0.3 is 0 Å². The van der Waals surface area contributed by atoms with E-state index in [9.17, 15) is 23.3 Å². The van der Waals surface area contributed by atoms with Crippen molar-refractivity contribution in [2.24, 2.45) is 0 Å². The van der Waals surface area contributed by atoms with Gasteiger partial charge in [-0.15, -0.1) is 0 Å². The maximum atomic E-state index is 13.8. The lowest BCUT2D eigenvalue weighted by atomic mass is 10.1. The predicted octanol–water partition coefficient (Wildman–Crippen LogP) is 2.80. The molecule has 0 unspecified atom stereocenters. The van der Waals surface area contributed by atoms with Crippen molar-refractivity contribution in [1.82, 2.24) is 14.1 Å². The number of benzene rings is 2. The first-order valence-electron chi connectivity index (χ1n) is 13.8. The highest BCUT2D eigenvalue weighted by Crippen LogP contribution is 2.28. The molecule has 1 amide bonds. The van der Waals surface area contributed by atoms with E-state index in [1.165, 1.54) is 18.4 Å². The van der Waals surface area contributed by atoms with Crippen LogP contribution < -0.4 is 9.47 Å². The van der Waals surface area contributed by atoms with Gasteiger partial charge in [0.15, 0.2) is 11.5 Å². The van der Waals surface area contributed by atoms with Gasteiger partial charge in [0.25, 0.3) is 5.69 Å². The number of ether oxygens (including phenoxy) is 3. The summed E-state index contributed by atoms with van der Waals surface area (Å²) >= 11 is 0. The molecule has 232 valence electrons. The minimum Gasteiger partial charge on any atom is -0.493 e. The Morgan fingerprint density at radius 2 is 1.74 bits per heavy atom. The van der Waals surface area contributed by atoms with Crippen molar-refractivity contribution in [3.05, 3.63) is 82.3 Å². The number of morpholine rings is 1. The number of hydrogen-bond donors (Lipinski definition) is 0. The van der Waals surface area contributed by atoms with Gasteiger partial charge in [0.2, 0.25) is 15.9 Å². The van der Waals surface area contributed by atoms with E-state index >= 15 is 0 Å². The second-order valence-electron chi connectivity index (χ2n) is 9.88. The molecule has 43 heavy (non-hydrogen) atoms. The minimum atomic E-state index is -4.17. The average molecular weight is 617 g/mol. The molecular weight excluding hydrogens is 580 g/mol. The van der Waals surface area contributed by atoms with Gasteiger partial charge in [-0.1, -0.05) is 6.07 Å². The maximum absolute atomic E-state index is 13.8. The molecule has 1 aliphatic heterocycles. The van der Waals surface area contributed by atoms with E-state index in [1.807, 2.05) is 12.1 Å². The number of amides is 1. The summed E-state index contributed by atoms with van der Waals surface area (Å²) in [6, 6.07) is 13.6. The summed E-state index contributed by atoms with van der Waals surface area (Å²) in [5, 5.41) is 11.1. The molecule has 1 aliphatic rings. The third-order valence-electron chi connectivity index (χ3n) is 7.16. The first kappa shape index (κ1) is 31.9. The number of rotatable bonds is 15. The summed E-state index contributed by atoms with van der Waals surface area (Å²) in [6.45, 7) is 2.84. The zero-order chi connectivity index (χ0) is 30.8. The topological polar surface area (TPSA) is 145 Å². The Morgan fingerprint density at radius 3 is 2.37 bits per heavy atom. The average Bonchev–Trinajstić information content (AvgIpc) is 3.54. The third-order valence-corrected chi connectivity index (χ3v) is 9.02. The number of hydrogen-bond acceptors (Lipinski definition) is 10. The Labute approximate surface area is 250 Å². The molecule has 2 aromatic carbocycles. The molecule has 2 heterocycles. The summed E-state index contributed by atoms with van der Waals surface area (Å²) in [6.07, 6.45) is 1.98. The Balaban J connectivity index is 1.56. The van der Waals surface area contributed by atoms with E-state index in [0.29, 0.717) is 56.5 Å². The fourth-order valence-corrected chi connectivity index (χ4v) is 6.07. The number of furan rings is 1. The van der Waals surface area contributed by atoms with E-state index in [0.717, 1.165) is 22.0 Å². The van der Waals surface area contributed by atoms with Crippen LogP contribution in [0.5, 0.6) is 11.5 Å². The number of nitrogens with zero attached hydrogens (tertiary/aromatic N) is 4. The monoisotopic (exact) mass is 616 g/mol. The van der Waals surface area contributed by atoms with E-state index in [-0.39, 0.29) is 30.2 Å². The highest BCUT2D eigenvalue weighted by Gasteiger charge is 2.30. The quantitative estimate of drug-likeness (QED) is 0.185. The van der Waals surface area contributed by atoms with Crippen LogP contribution in [0, 0.1) is 10.1 Å². The molecule has 0 radical (unpaired) electrons. The molecule has 1 saturated heterocycles. The van der Waals surface area contributed by atoms with Gasteiger partial charge < -0.3 is 23.5 Å². The van der Waals surface area contributed by atoms with E-state index < -0.39 is 27.4 Å². The second-order valence-corrected chi connectivity index (χ2v) is 11.8. The van der Waals surface area contributed by atoms with E-state index in [4.69, 9.17) is 18.6 Å². The van der Waals surface area contributed by atoms with Gasteiger partial charge in [-0.3, -0.25) is 19.8 Å². The molecule has 0 atom stereocenters. The van der Waals surface area contributed by atoms with Crippen LogP contribution in [0.1, 0.15) is 11.3 Å². The predicted molar refractivity (Wildman–Crippen MR) is 156 cm³/mol. The van der Waals surface area contributed by atoms with Crippen LogP contribution in [0.3, 0.4) is 0 Å². The molecule has 13 nitrogen and oxygen atoms in total. The van der Waals surface area contributed by atoms with Crippen LogP contribution in [0.4, 0.5) is 5.69 Å². The molecule has 0 saturated carbocycles. The fraction of sp³-hybridized carbons (Fsp3) is 0.414. The second kappa shape index (κ2) is 15.0. The van der Waals surface area contributed by atoms with E-state index in [2.05, 4.69) is 4.90 Å². The van der Waals surface area contributed by atoms with Gasteiger partial charge in [-0.25, -0.2) is 8.42 Å². The van der Waals surface area contributed by atoms with Crippen LogP contribution in [0.15, 0.2) is 70.2 Å². The SMILES string of the molecule is COc1ccc(CCN(Cc2ccco2)C(=O)CN(CCN2CCOCC2)S(=O)(=O)c2ccc([N+](=O)[O-])cc2)cc1OC. The lowest BCUT2D eigenvalue weighted by molar-refractivity contribution is -0.384. The van der Waals surface area contributed by atoms with Crippen LogP contribution in [0.25, 0.3) is 0 Å². The molecular formula is C29H36N4O9S. The number of carbonyl (C=O) groups excluding carboxylic acids is 1. The first-order chi connectivity index (χ1) is 20.7. The Morgan fingerprint density at radius 1 is 1.02 bits per heavy atom.